The van der Waals surface area contributed by atoms with Gasteiger partial charge in [-0.2, -0.15) is 0 Å². The van der Waals surface area contributed by atoms with Crippen LogP contribution in [0.15, 0.2) is 24.3 Å². The van der Waals surface area contributed by atoms with Crippen LogP contribution in [0.2, 0.25) is 0 Å². The zero-order chi connectivity index (χ0) is 13.3. The molecule has 98 valence electrons. The molecule has 18 heavy (non-hydrogen) atoms. The van der Waals surface area contributed by atoms with Crippen molar-refractivity contribution in [2.24, 2.45) is 5.73 Å². The average Bonchev–Trinajstić information content (AvgIpc) is 2.58. The van der Waals surface area contributed by atoms with E-state index < -0.39 is 24.2 Å². The van der Waals surface area contributed by atoms with Gasteiger partial charge in [0.05, 0.1) is 0 Å². The Hall–Kier alpha value is -1.80. The summed E-state index contributed by atoms with van der Waals surface area (Å²) in [4.78, 5) is 12.6. The molecule has 1 amide bonds. The smallest absolute Gasteiger partial charge is 0.406 e. The summed E-state index contributed by atoms with van der Waals surface area (Å²) in [5, 5.41) is 0. The highest BCUT2D eigenvalue weighted by atomic mass is 19.4. The summed E-state index contributed by atoms with van der Waals surface area (Å²) >= 11 is 0. The third-order valence-electron chi connectivity index (χ3n) is 2.26. The second-order valence-corrected chi connectivity index (χ2v) is 3.53. The minimum Gasteiger partial charge on any atom is -0.406 e. The number of carbonyl (C=O) groups excluding carboxylic acids is 1. The predicted octanol–water partition coefficient (Wildman–Crippen LogP) is 1.19. The first-order valence-electron chi connectivity index (χ1n) is 4.91. The fourth-order valence-electron chi connectivity index (χ4n) is 1.49. The van der Waals surface area contributed by atoms with Gasteiger partial charge >= 0.3 is 6.36 Å². The highest BCUT2D eigenvalue weighted by Crippen LogP contribution is 2.28. The largest absolute Gasteiger partial charge is 0.573 e. The third kappa shape index (κ3) is 2.71. The number of carbonyl (C=O) groups is 1. The monoisotopic (exact) mass is 262 g/mol. The van der Waals surface area contributed by atoms with E-state index in [9.17, 15) is 18.0 Å². The zero-order valence-corrected chi connectivity index (χ0v) is 8.98. The predicted molar refractivity (Wildman–Crippen MR) is 54.5 cm³/mol. The van der Waals surface area contributed by atoms with Crippen molar-refractivity contribution in [3.63, 3.8) is 0 Å². The molecule has 1 fully saturated rings. The molecular formula is C10H9F3N2O3. The summed E-state index contributed by atoms with van der Waals surface area (Å²) < 4.78 is 44.7. The summed E-state index contributed by atoms with van der Waals surface area (Å²) in [6.07, 6.45) is -5.86. The molecule has 1 aromatic rings. The number of hydrogen-bond acceptors (Lipinski definition) is 4. The summed E-state index contributed by atoms with van der Waals surface area (Å²) in [6.45, 7) is -0.102. The Labute approximate surface area is 99.9 Å². The fraction of sp³-hybridized carbons (Fsp3) is 0.300. The Morgan fingerprint density at radius 1 is 1.44 bits per heavy atom. The average molecular weight is 262 g/mol. The normalized spacial score (nSPS) is 20.3. The summed E-state index contributed by atoms with van der Waals surface area (Å²) in [7, 11) is 0. The van der Waals surface area contributed by atoms with Crippen LogP contribution in [-0.4, -0.2) is 25.2 Å². The van der Waals surface area contributed by atoms with Gasteiger partial charge in [-0.25, -0.2) is 0 Å². The van der Waals surface area contributed by atoms with E-state index in [1.165, 1.54) is 12.1 Å². The molecule has 0 saturated carbocycles. The Morgan fingerprint density at radius 3 is 2.72 bits per heavy atom. The number of alkyl halides is 3. The number of halogens is 3. The lowest BCUT2D eigenvalue weighted by atomic mass is 10.3. The molecule has 0 spiro atoms. The quantitative estimate of drug-likeness (QED) is 0.869. The number of anilines is 1. The van der Waals surface area contributed by atoms with Crippen molar-refractivity contribution < 1.29 is 27.4 Å². The van der Waals surface area contributed by atoms with Gasteiger partial charge in [-0.1, -0.05) is 6.07 Å². The number of amides is 1. The van der Waals surface area contributed by atoms with Crippen molar-refractivity contribution >= 4 is 11.6 Å². The molecule has 5 nitrogen and oxygen atoms in total. The first-order chi connectivity index (χ1) is 8.37. The molecule has 0 radical (unpaired) electrons. The molecule has 2 rings (SSSR count). The van der Waals surface area contributed by atoms with E-state index >= 15 is 0 Å². The standard InChI is InChI=1S/C10H9F3N2O3/c11-10(12,13)18-7-3-1-2-6(4-7)15-5-17-8(14)9(15)16/h1-4,8H,5,14H2. The maximum Gasteiger partial charge on any atom is 0.573 e. The minimum absolute atomic E-state index is 0.102. The molecule has 1 saturated heterocycles. The van der Waals surface area contributed by atoms with Crippen molar-refractivity contribution in [2.75, 3.05) is 11.6 Å². The molecule has 1 aliphatic rings. The van der Waals surface area contributed by atoms with Crippen LogP contribution >= 0.6 is 0 Å². The number of nitrogens with zero attached hydrogens (tertiary/aromatic N) is 1. The highest BCUT2D eigenvalue weighted by molar-refractivity contribution is 5.97. The third-order valence-corrected chi connectivity index (χ3v) is 2.26. The van der Waals surface area contributed by atoms with Gasteiger partial charge in [0, 0.05) is 11.8 Å². The van der Waals surface area contributed by atoms with Crippen LogP contribution in [0.5, 0.6) is 5.75 Å². The molecule has 1 aliphatic heterocycles. The van der Waals surface area contributed by atoms with Crippen molar-refractivity contribution in [1.29, 1.82) is 0 Å². The van der Waals surface area contributed by atoms with Crippen LogP contribution in [0.4, 0.5) is 18.9 Å². The number of nitrogens with two attached hydrogens (primary N) is 1. The molecule has 1 heterocycles. The topological polar surface area (TPSA) is 64.8 Å². The summed E-state index contributed by atoms with van der Waals surface area (Å²) in [5.74, 6) is -0.924. The van der Waals surface area contributed by atoms with E-state index in [4.69, 9.17) is 10.5 Å². The van der Waals surface area contributed by atoms with E-state index in [0.29, 0.717) is 0 Å². The van der Waals surface area contributed by atoms with Crippen LogP contribution < -0.4 is 15.4 Å². The summed E-state index contributed by atoms with van der Waals surface area (Å²) in [5.41, 5.74) is 5.55. The van der Waals surface area contributed by atoms with Gasteiger partial charge < -0.3 is 9.47 Å². The lowest BCUT2D eigenvalue weighted by molar-refractivity contribution is -0.274. The molecule has 0 bridgehead atoms. The van der Waals surface area contributed by atoms with Crippen molar-refractivity contribution in [3.8, 4) is 5.75 Å². The fourth-order valence-corrected chi connectivity index (χ4v) is 1.49. The second-order valence-electron chi connectivity index (χ2n) is 3.53. The lowest BCUT2D eigenvalue weighted by Crippen LogP contribution is -2.34. The van der Waals surface area contributed by atoms with Gasteiger partial charge in [0.1, 0.15) is 12.5 Å². The van der Waals surface area contributed by atoms with Gasteiger partial charge in [0.2, 0.25) is 0 Å². The van der Waals surface area contributed by atoms with Gasteiger partial charge in [-0.15, -0.1) is 13.2 Å². The van der Waals surface area contributed by atoms with Gasteiger partial charge in [0.25, 0.3) is 5.91 Å². The Balaban J connectivity index is 2.20. The van der Waals surface area contributed by atoms with Crippen LogP contribution in [-0.2, 0) is 9.53 Å². The number of ether oxygens (including phenoxy) is 2. The van der Waals surface area contributed by atoms with Gasteiger partial charge in [0.15, 0.2) is 6.23 Å². The van der Waals surface area contributed by atoms with Crippen LogP contribution in [0.25, 0.3) is 0 Å². The molecule has 2 N–H and O–H groups in total. The lowest BCUT2D eigenvalue weighted by Gasteiger charge is -2.15. The Bertz CT molecular complexity index is 464. The minimum atomic E-state index is -4.78. The first kappa shape index (κ1) is 12.7. The maximum absolute atomic E-state index is 12.0. The number of benzene rings is 1. The number of rotatable bonds is 2. The van der Waals surface area contributed by atoms with Gasteiger partial charge in [-0.3, -0.25) is 15.4 Å². The van der Waals surface area contributed by atoms with Crippen molar-refractivity contribution in [2.45, 2.75) is 12.6 Å². The van der Waals surface area contributed by atoms with Crippen molar-refractivity contribution in [1.82, 2.24) is 0 Å². The van der Waals surface area contributed by atoms with Crippen LogP contribution in [0.3, 0.4) is 0 Å². The molecule has 0 aliphatic carbocycles. The second kappa shape index (κ2) is 4.46. The summed E-state index contributed by atoms with van der Waals surface area (Å²) in [6, 6.07) is 5.03. The molecule has 1 unspecified atom stereocenters. The SMILES string of the molecule is NC1OCN(c2cccc(OC(F)(F)F)c2)C1=O. The van der Waals surface area contributed by atoms with E-state index in [0.717, 1.165) is 17.0 Å². The Kier molecular flexibility index (Phi) is 3.14. The first-order valence-corrected chi connectivity index (χ1v) is 4.91. The highest BCUT2D eigenvalue weighted by Gasteiger charge is 2.33. The molecule has 1 atom stereocenters. The van der Waals surface area contributed by atoms with Crippen LogP contribution in [0, 0.1) is 0 Å². The molecule has 1 aromatic carbocycles. The molecular weight excluding hydrogens is 253 g/mol. The number of hydrogen-bond donors (Lipinski definition) is 1. The molecule has 0 aromatic heterocycles. The Morgan fingerprint density at radius 2 is 2.17 bits per heavy atom. The van der Waals surface area contributed by atoms with E-state index in [2.05, 4.69) is 4.74 Å². The van der Waals surface area contributed by atoms with Gasteiger partial charge in [-0.05, 0) is 12.1 Å². The zero-order valence-electron chi connectivity index (χ0n) is 8.98. The van der Waals surface area contributed by atoms with Crippen molar-refractivity contribution in [3.05, 3.63) is 24.3 Å². The molecule has 8 heteroatoms. The van der Waals surface area contributed by atoms with E-state index in [1.54, 1.807) is 0 Å². The van der Waals surface area contributed by atoms with Crippen LogP contribution in [0.1, 0.15) is 0 Å². The van der Waals surface area contributed by atoms with E-state index in [1.807, 2.05) is 0 Å². The van der Waals surface area contributed by atoms with E-state index in [-0.39, 0.29) is 12.4 Å². The maximum atomic E-state index is 12.0.